The molecule has 0 bridgehead atoms. The first-order valence-corrected chi connectivity index (χ1v) is 7.25. The number of ether oxygens (including phenoxy) is 2. The normalized spacial score (nSPS) is 10.5. The van der Waals surface area contributed by atoms with E-state index in [1.807, 2.05) is 12.1 Å². The number of carbonyl (C=O) groups excluding carboxylic acids is 1. The minimum absolute atomic E-state index is 0.288. The molecule has 0 aliphatic carbocycles. The Bertz CT molecular complexity index is 702. The van der Waals surface area contributed by atoms with E-state index in [-0.39, 0.29) is 5.91 Å². The predicted octanol–water partition coefficient (Wildman–Crippen LogP) is 3.23. The molecule has 114 valence electrons. The molecule has 2 rings (SSSR count). The van der Waals surface area contributed by atoms with Crippen molar-refractivity contribution in [3.05, 3.63) is 58.1 Å². The van der Waals surface area contributed by atoms with Crippen LogP contribution in [0.1, 0.15) is 15.9 Å². The average Bonchev–Trinajstić information content (AvgIpc) is 2.55. The molecular weight excluding hydrogens is 348 g/mol. The highest BCUT2D eigenvalue weighted by molar-refractivity contribution is 9.10. The number of nitrogens with one attached hydrogen (secondary N) is 1. The van der Waals surface area contributed by atoms with E-state index in [0.717, 1.165) is 5.56 Å². The van der Waals surface area contributed by atoms with Gasteiger partial charge in [-0.25, -0.2) is 5.43 Å². The van der Waals surface area contributed by atoms with Gasteiger partial charge in [0.05, 0.1) is 26.0 Å². The fourth-order valence-electron chi connectivity index (χ4n) is 1.80. The Morgan fingerprint density at radius 2 is 1.86 bits per heavy atom. The van der Waals surface area contributed by atoms with Crippen LogP contribution in [-0.4, -0.2) is 26.3 Å². The lowest BCUT2D eigenvalue weighted by atomic mass is 10.2. The lowest BCUT2D eigenvalue weighted by Crippen LogP contribution is -2.18. The lowest BCUT2D eigenvalue weighted by molar-refractivity contribution is 0.0954. The molecule has 0 saturated heterocycles. The summed E-state index contributed by atoms with van der Waals surface area (Å²) in [5, 5.41) is 3.95. The number of amides is 1. The van der Waals surface area contributed by atoms with Crippen LogP contribution < -0.4 is 14.9 Å². The van der Waals surface area contributed by atoms with Crippen LogP contribution in [0.3, 0.4) is 0 Å². The van der Waals surface area contributed by atoms with Crippen LogP contribution >= 0.6 is 15.9 Å². The Kier molecular flexibility index (Phi) is 5.55. The van der Waals surface area contributed by atoms with Gasteiger partial charge < -0.3 is 9.47 Å². The summed E-state index contributed by atoms with van der Waals surface area (Å²) in [7, 11) is 3.14. The summed E-state index contributed by atoms with van der Waals surface area (Å²) >= 11 is 3.33. The first kappa shape index (κ1) is 16.0. The summed E-state index contributed by atoms with van der Waals surface area (Å²) in [5.74, 6) is 0.949. The van der Waals surface area contributed by atoms with E-state index in [1.54, 1.807) is 44.6 Å². The monoisotopic (exact) mass is 362 g/mol. The standard InChI is InChI=1S/C16H15BrN2O3/c1-21-14-8-7-11(9-15(14)22-2)10-18-19-16(20)12-5-3-4-6-13(12)17/h3-10H,1-2H3,(H,19,20)/b18-10+. The van der Waals surface area contributed by atoms with Gasteiger partial charge in [0.25, 0.3) is 5.91 Å². The second-order valence-corrected chi connectivity index (χ2v) is 5.15. The van der Waals surface area contributed by atoms with E-state index in [1.165, 1.54) is 6.21 Å². The van der Waals surface area contributed by atoms with Crippen molar-refractivity contribution in [2.45, 2.75) is 0 Å². The number of methoxy groups -OCH3 is 2. The van der Waals surface area contributed by atoms with Gasteiger partial charge in [-0.05, 0) is 51.8 Å². The SMILES string of the molecule is COc1ccc(/C=N/NC(=O)c2ccccc2Br)cc1OC. The number of nitrogens with zero attached hydrogens (tertiary/aromatic N) is 1. The van der Waals surface area contributed by atoms with Gasteiger partial charge >= 0.3 is 0 Å². The van der Waals surface area contributed by atoms with Crippen LogP contribution in [0.15, 0.2) is 52.0 Å². The average molecular weight is 363 g/mol. The lowest BCUT2D eigenvalue weighted by Gasteiger charge is -2.07. The van der Waals surface area contributed by atoms with Crippen molar-refractivity contribution in [3.63, 3.8) is 0 Å². The smallest absolute Gasteiger partial charge is 0.272 e. The van der Waals surface area contributed by atoms with Crippen LogP contribution in [0.2, 0.25) is 0 Å². The van der Waals surface area contributed by atoms with Crippen LogP contribution in [-0.2, 0) is 0 Å². The Morgan fingerprint density at radius 1 is 1.14 bits per heavy atom. The number of hydrogen-bond donors (Lipinski definition) is 1. The topological polar surface area (TPSA) is 59.9 Å². The molecule has 0 aromatic heterocycles. The zero-order valence-corrected chi connectivity index (χ0v) is 13.8. The quantitative estimate of drug-likeness (QED) is 0.656. The number of benzene rings is 2. The van der Waals surface area contributed by atoms with Crippen molar-refractivity contribution in [2.75, 3.05) is 14.2 Å². The van der Waals surface area contributed by atoms with E-state index in [4.69, 9.17) is 9.47 Å². The molecule has 6 heteroatoms. The van der Waals surface area contributed by atoms with Crippen LogP contribution in [0, 0.1) is 0 Å². The number of hydrogen-bond acceptors (Lipinski definition) is 4. The van der Waals surface area contributed by atoms with Gasteiger partial charge in [0.2, 0.25) is 0 Å². The summed E-state index contributed by atoms with van der Waals surface area (Å²) in [4.78, 5) is 12.0. The minimum Gasteiger partial charge on any atom is -0.493 e. The Hall–Kier alpha value is -2.34. The van der Waals surface area contributed by atoms with E-state index in [2.05, 4.69) is 26.5 Å². The van der Waals surface area contributed by atoms with Gasteiger partial charge in [-0.2, -0.15) is 5.10 Å². The zero-order chi connectivity index (χ0) is 15.9. The zero-order valence-electron chi connectivity index (χ0n) is 12.2. The van der Waals surface area contributed by atoms with Crippen molar-refractivity contribution in [1.29, 1.82) is 0 Å². The molecule has 0 atom stereocenters. The molecule has 0 fully saturated rings. The van der Waals surface area contributed by atoms with Crippen molar-refractivity contribution in [2.24, 2.45) is 5.10 Å². The third-order valence-electron chi connectivity index (χ3n) is 2.91. The molecule has 1 N–H and O–H groups in total. The van der Waals surface area contributed by atoms with E-state index < -0.39 is 0 Å². The summed E-state index contributed by atoms with van der Waals surface area (Å²) in [6.07, 6.45) is 1.54. The summed E-state index contributed by atoms with van der Waals surface area (Å²) in [5.41, 5.74) is 3.79. The van der Waals surface area contributed by atoms with E-state index >= 15 is 0 Å². The summed E-state index contributed by atoms with van der Waals surface area (Å²) < 4.78 is 11.1. The highest BCUT2D eigenvalue weighted by atomic mass is 79.9. The first-order valence-electron chi connectivity index (χ1n) is 6.45. The third-order valence-corrected chi connectivity index (χ3v) is 3.60. The maximum Gasteiger partial charge on any atom is 0.272 e. The van der Waals surface area contributed by atoms with Crippen molar-refractivity contribution in [3.8, 4) is 11.5 Å². The largest absolute Gasteiger partial charge is 0.493 e. The van der Waals surface area contributed by atoms with E-state index in [0.29, 0.717) is 21.5 Å². The molecule has 5 nitrogen and oxygen atoms in total. The number of halogens is 1. The molecule has 1 amide bonds. The van der Waals surface area contributed by atoms with Crippen molar-refractivity contribution >= 4 is 28.1 Å². The Labute approximate surface area is 137 Å². The third kappa shape index (κ3) is 3.85. The predicted molar refractivity (Wildman–Crippen MR) is 88.7 cm³/mol. The molecular formula is C16H15BrN2O3. The molecule has 0 aliphatic heterocycles. The van der Waals surface area contributed by atoms with Gasteiger partial charge in [0.15, 0.2) is 11.5 Å². The maximum absolute atomic E-state index is 12.0. The molecule has 0 radical (unpaired) electrons. The Balaban J connectivity index is 2.07. The van der Waals surface area contributed by atoms with Crippen LogP contribution in [0.25, 0.3) is 0 Å². The molecule has 0 spiro atoms. The van der Waals surface area contributed by atoms with Crippen LogP contribution in [0.4, 0.5) is 0 Å². The molecule has 0 unspecified atom stereocenters. The number of carbonyl (C=O) groups is 1. The molecule has 22 heavy (non-hydrogen) atoms. The molecule has 0 heterocycles. The Morgan fingerprint density at radius 3 is 2.55 bits per heavy atom. The van der Waals surface area contributed by atoms with Crippen molar-refractivity contribution < 1.29 is 14.3 Å². The number of hydrazone groups is 1. The van der Waals surface area contributed by atoms with Gasteiger partial charge in [0, 0.05) is 4.47 Å². The molecule has 2 aromatic carbocycles. The van der Waals surface area contributed by atoms with Gasteiger partial charge in [-0.1, -0.05) is 12.1 Å². The minimum atomic E-state index is -0.288. The molecule has 0 saturated carbocycles. The van der Waals surface area contributed by atoms with Crippen LogP contribution in [0.5, 0.6) is 11.5 Å². The maximum atomic E-state index is 12.0. The molecule has 2 aromatic rings. The number of rotatable bonds is 5. The highest BCUT2D eigenvalue weighted by Crippen LogP contribution is 2.26. The summed E-state index contributed by atoms with van der Waals surface area (Å²) in [6.45, 7) is 0. The highest BCUT2D eigenvalue weighted by Gasteiger charge is 2.07. The van der Waals surface area contributed by atoms with Gasteiger partial charge in [-0.15, -0.1) is 0 Å². The second-order valence-electron chi connectivity index (χ2n) is 4.29. The first-order chi connectivity index (χ1) is 10.7. The van der Waals surface area contributed by atoms with Gasteiger partial charge in [0.1, 0.15) is 0 Å². The van der Waals surface area contributed by atoms with E-state index in [9.17, 15) is 4.79 Å². The fraction of sp³-hybridized carbons (Fsp3) is 0.125. The van der Waals surface area contributed by atoms with Gasteiger partial charge in [-0.3, -0.25) is 4.79 Å². The summed E-state index contributed by atoms with van der Waals surface area (Å²) in [6, 6.07) is 12.5. The molecule has 0 aliphatic rings. The second kappa shape index (κ2) is 7.61. The van der Waals surface area contributed by atoms with Crippen molar-refractivity contribution in [1.82, 2.24) is 5.43 Å². The fourth-order valence-corrected chi connectivity index (χ4v) is 2.27.